The fourth-order valence-corrected chi connectivity index (χ4v) is 8.76. The number of hydrogen-bond donors (Lipinski definition) is 2. The van der Waals surface area contributed by atoms with Crippen LogP contribution in [-0.2, 0) is 22.9 Å². The van der Waals surface area contributed by atoms with Crippen LogP contribution in [0, 0.1) is 0 Å². The second kappa shape index (κ2) is 10.8. The first kappa shape index (κ1) is 26.0. The topological polar surface area (TPSA) is 85.2 Å². The van der Waals surface area contributed by atoms with Gasteiger partial charge in [-0.15, -0.1) is 0 Å². The highest BCUT2D eigenvalue weighted by Gasteiger charge is 2.62. The van der Waals surface area contributed by atoms with Crippen LogP contribution in [-0.4, -0.2) is 47.4 Å². The predicted octanol–water partition coefficient (Wildman–Crippen LogP) is 4.72. The molecule has 1 aromatic heterocycles. The minimum Gasteiger partial charge on any atom is -0.494 e. The van der Waals surface area contributed by atoms with Gasteiger partial charge in [-0.2, -0.15) is 0 Å². The summed E-state index contributed by atoms with van der Waals surface area (Å²) in [5.74, 6) is 0.701. The number of nitrogens with one attached hydrogen (secondary N) is 2. The molecule has 2 N–H and O–H groups in total. The Kier molecular flexibility index (Phi) is 7.18. The lowest BCUT2D eigenvalue weighted by atomic mass is 9.84. The van der Waals surface area contributed by atoms with Crippen LogP contribution in [0.15, 0.2) is 90.3 Å². The highest BCUT2D eigenvalue weighted by molar-refractivity contribution is 7.92. The third-order valence-electron chi connectivity index (χ3n) is 8.31. The first-order chi connectivity index (χ1) is 19.0. The van der Waals surface area contributed by atoms with E-state index in [9.17, 15) is 8.42 Å². The van der Waals surface area contributed by atoms with Gasteiger partial charge in [0.25, 0.3) is 0 Å². The molecule has 0 aliphatic carbocycles. The Morgan fingerprint density at radius 2 is 1.92 bits per heavy atom. The van der Waals surface area contributed by atoms with Crippen LogP contribution in [0.3, 0.4) is 0 Å². The molecule has 2 saturated heterocycles. The van der Waals surface area contributed by atoms with Gasteiger partial charge in [0.1, 0.15) is 11.0 Å². The maximum Gasteiger partial charge on any atom is 0.184 e. The van der Waals surface area contributed by atoms with E-state index >= 15 is 0 Å². The van der Waals surface area contributed by atoms with Crippen molar-refractivity contribution in [2.45, 2.75) is 73.5 Å². The summed E-state index contributed by atoms with van der Waals surface area (Å²) in [6.45, 7) is 3.91. The van der Waals surface area contributed by atoms with Crippen molar-refractivity contribution in [3.05, 3.63) is 91.0 Å². The van der Waals surface area contributed by atoms with Crippen LogP contribution in [0.5, 0.6) is 5.75 Å². The Bertz CT molecular complexity index is 1520. The van der Waals surface area contributed by atoms with E-state index < -0.39 is 20.6 Å². The fourth-order valence-electron chi connectivity index (χ4n) is 6.43. The SMILES string of the molecule is CCCCOc1ccc(S(=O)(=O)C2C(NCc3ccc4ccccc4c3)C3CCC2(Cn2ccnc2)N3)cc1. The number of benzene rings is 3. The van der Waals surface area contributed by atoms with Crippen molar-refractivity contribution in [1.29, 1.82) is 0 Å². The van der Waals surface area contributed by atoms with Crippen molar-refractivity contribution in [3.63, 3.8) is 0 Å². The average Bonchev–Trinajstić information content (AvgIpc) is 3.68. The molecule has 6 rings (SSSR count). The van der Waals surface area contributed by atoms with Crippen LogP contribution in [0.1, 0.15) is 38.2 Å². The maximum atomic E-state index is 14.4. The molecule has 2 fully saturated rings. The zero-order chi connectivity index (χ0) is 26.9. The molecule has 2 bridgehead atoms. The van der Waals surface area contributed by atoms with Crippen LogP contribution in [0.2, 0.25) is 0 Å². The van der Waals surface area contributed by atoms with Crippen LogP contribution in [0.25, 0.3) is 10.8 Å². The van der Waals surface area contributed by atoms with Gasteiger partial charge in [0.2, 0.25) is 0 Å². The zero-order valence-electron chi connectivity index (χ0n) is 22.3. The Balaban J connectivity index is 1.29. The average molecular weight is 545 g/mol. The van der Waals surface area contributed by atoms with Crippen molar-refractivity contribution in [2.75, 3.05) is 6.61 Å². The lowest BCUT2D eigenvalue weighted by molar-refractivity contribution is 0.305. The number of hydrogen-bond acceptors (Lipinski definition) is 6. The minimum atomic E-state index is -3.68. The third kappa shape index (κ3) is 5.09. The molecular weight excluding hydrogens is 508 g/mol. The van der Waals surface area contributed by atoms with Gasteiger partial charge in [-0.1, -0.05) is 49.7 Å². The second-order valence-corrected chi connectivity index (χ2v) is 13.0. The van der Waals surface area contributed by atoms with Gasteiger partial charge in [0.05, 0.1) is 23.4 Å². The molecular formula is C31H36N4O3S. The molecule has 3 aromatic carbocycles. The molecule has 0 spiro atoms. The van der Waals surface area contributed by atoms with Gasteiger partial charge in [0.15, 0.2) is 9.84 Å². The standard InChI is InChI=1S/C31H36N4O3S/c1-2-3-18-38-26-10-12-27(13-11-26)39(36,37)30-29(28-14-15-31(30,34-28)21-35-17-16-32-22-35)33-20-23-8-9-24-6-4-5-7-25(24)19-23/h4-13,16-17,19,22,28-30,33-34H,2-3,14-15,18,20-21H2,1H3. The molecule has 0 radical (unpaired) electrons. The van der Waals surface area contributed by atoms with Gasteiger partial charge in [0, 0.05) is 37.6 Å². The van der Waals surface area contributed by atoms with E-state index in [-0.39, 0.29) is 12.1 Å². The molecule has 3 heterocycles. The Morgan fingerprint density at radius 1 is 1.10 bits per heavy atom. The molecule has 8 heteroatoms. The number of imidazole rings is 1. The summed E-state index contributed by atoms with van der Waals surface area (Å²) in [5, 5.41) is 9.19. The van der Waals surface area contributed by atoms with E-state index in [0.717, 1.165) is 31.2 Å². The van der Waals surface area contributed by atoms with Crippen molar-refractivity contribution in [1.82, 2.24) is 20.2 Å². The molecule has 4 unspecified atom stereocenters. The first-order valence-electron chi connectivity index (χ1n) is 13.9. The van der Waals surface area contributed by atoms with Crippen molar-refractivity contribution >= 4 is 20.6 Å². The van der Waals surface area contributed by atoms with Crippen molar-refractivity contribution in [2.24, 2.45) is 0 Å². The fraction of sp³-hybridized carbons (Fsp3) is 0.387. The smallest absolute Gasteiger partial charge is 0.184 e. The van der Waals surface area contributed by atoms with E-state index in [1.807, 2.05) is 22.9 Å². The van der Waals surface area contributed by atoms with Crippen molar-refractivity contribution < 1.29 is 13.2 Å². The summed E-state index contributed by atoms with van der Waals surface area (Å²) in [6, 6.07) is 21.6. The van der Waals surface area contributed by atoms with Crippen LogP contribution >= 0.6 is 0 Å². The predicted molar refractivity (Wildman–Crippen MR) is 154 cm³/mol. The van der Waals surface area contributed by atoms with Crippen LogP contribution < -0.4 is 15.4 Å². The summed E-state index contributed by atoms with van der Waals surface area (Å²) in [5.41, 5.74) is 0.562. The Labute approximate surface area is 230 Å². The number of aromatic nitrogens is 2. The maximum absolute atomic E-state index is 14.4. The van der Waals surface area contributed by atoms with E-state index in [2.05, 4.69) is 52.9 Å². The van der Waals surface area contributed by atoms with Crippen LogP contribution in [0.4, 0.5) is 0 Å². The van der Waals surface area contributed by atoms with Gasteiger partial charge in [-0.05, 0) is 65.9 Å². The molecule has 0 saturated carbocycles. The Hall–Kier alpha value is -3.20. The summed E-state index contributed by atoms with van der Waals surface area (Å²) in [7, 11) is -3.68. The zero-order valence-corrected chi connectivity index (χ0v) is 23.1. The molecule has 39 heavy (non-hydrogen) atoms. The quantitative estimate of drug-likeness (QED) is 0.266. The monoisotopic (exact) mass is 544 g/mol. The van der Waals surface area contributed by atoms with Crippen molar-refractivity contribution in [3.8, 4) is 5.75 Å². The molecule has 0 amide bonds. The molecule has 4 aromatic rings. The molecule has 2 aliphatic rings. The normalized spacial score (nSPS) is 24.4. The summed E-state index contributed by atoms with van der Waals surface area (Å²) in [4.78, 5) is 4.55. The van der Waals surface area contributed by atoms with Gasteiger partial charge in [-0.25, -0.2) is 13.4 Å². The minimum absolute atomic E-state index is 0.0744. The van der Waals surface area contributed by atoms with Gasteiger partial charge >= 0.3 is 0 Å². The summed E-state index contributed by atoms with van der Waals surface area (Å²) < 4.78 is 36.5. The number of fused-ring (bicyclic) bond motifs is 3. The molecule has 4 atom stereocenters. The number of rotatable bonds is 11. The number of unbranched alkanes of at least 4 members (excludes halogenated alkanes) is 1. The highest BCUT2D eigenvalue weighted by Crippen LogP contribution is 2.45. The highest BCUT2D eigenvalue weighted by atomic mass is 32.2. The largest absolute Gasteiger partial charge is 0.494 e. The molecule has 2 aliphatic heterocycles. The molecule has 204 valence electrons. The van der Waals surface area contributed by atoms with E-state index in [1.54, 1.807) is 36.8 Å². The van der Waals surface area contributed by atoms with E-state index in [1.165, 1.54) is 10.8 Å². The number of sulfone groups is 1. The van der Waals surface area contributed by atoms with E-state index in [0.29, 0.717) is 30.3 Å². The number of nitrogens with zero attached hydrogens (tertiary/aromatic N) is 2. The number of ether oxygens (including phenoxy) is 1. The lowest BCUT2D eigenvalue weighted by Gasteiger charge is -2.38. The molecule has 7 nitrogen and oxygen atoms in total. The Morgan fingerprint density at radius 3 is 2.69 bits per heavy atom. The second-order valence-electron chi connectivity index (χ2n) is 10.9. The first-order valence-corrected chi connectivity index (χ1v) is 15.4. The third-order valence-corrected chi connectivity index (χ3v) is 10.7. The summed E-state index contributed by atoms with van der Waals surface area (Å²) >= 11 is 0. The lowest BCUT2D eigenvalue weighted by Crippen LogP contribution is -2.57. The van der Waals surface area contributed by atoms with Gasteiger partial charge < -0.3 is 19.9 Å². The van der Waals surface area contributed by atoms with E-state index in [4.69, 9.17) is 4.74 Å². The summed E-state index contributed by atoms with van der Waals surface area (Å²) in [6.07, 6.45) is 9.17. The van der Waals surface area contributed by atoms with Gasteiger partial charge in [-0.3, -0.25) is 0 Å².